The fraction of sp³-hybridized carbons (Fsp3) is 0.786. The summed E-state index contributed by atoms with van der Waals surface area (Å²) < 4.78 is 0. The average Bonchev–Trinajstić information content (AvgIpc) is 2.82. The maximum absolute atomic E-state index is 12.3. The molecule has 0 aromatic heterocycles. The fourth-order valence-corrected chi connectivity index (χ4v) is 2.72. The highest BCUT2D eigenvalue weighted by atomic mass is 16.4. The van der Waals surface area contributed by atoms with Crippen LogP contribution in [-0.4, -0.2) is 40.6 Å². The molecule has 0 aliphatic heterocycles. The lowest BCUT2D eigenvalue weighted by molar-refractivity contribution is -0.138. The van der Waals surface area contributed by atoms with Gasteiger partial charge in [0.1, 0.15) is 0 Å². The summed E-state index contributed by atoms with van der Waals surface area (Å²) in [6.07, 6.45) is 3.25. The van der Waals surface area contributed by atoms with Gasteiger partial charge < -0.3 is 15.3 Å². The number of nitriles is 1. The number of nitrogens with zero attached hydrogens (tertiary/aromatic N) is 2. The van der Waals surface area contributed by atoms with Crippen LogP contribution >= 0.6 is 0 Å². The Morgan fingerprint density at radius 1 is 1.45 bits per heavy atom. The summed E-state index contributed by atoms with van der Waals surface area (Å²) in [7, 11) is 0. The molecule has 20 heavy (non-hydrogen) atoms. The molecular formula is C14H23N3O3. The number of nitrogens with one attached hydrogen (secondary N) is 1. The third-order valence-electron chi connectivity index (χ3n) is 3.81. The van der Waals surface area contributed by atoms with E-state index in [0.29, 0.717) is 25.9 Å². The molecule has 6 nitrogen and oxygen atoms in total. The number of carboxylic acids is 1. The molecular weight excluding hydrogens is 258 g/mol. The summed E-state index contributed by atoms with van der Waals surface area (Å²) in [5, 5.41) is 20.8. The Morgan fingerprint density at radius 2 is 2.05 bits per heavy atom. The number of amides is 2. The van der Waals surface area contributed by atoms with Crippen LogP contribution in [0.15, 0.2) is 0 Å². The van der Waals surface area contributed by atoms with E-state index in [2.05, 4.69) is 11.4 Å². The molecule has 0 bridgehead atoms. The molecule has 1 saturated carbocycles. The molecule has 6 heteroatoms. The summed E-state index contributed by atoms with van der Waals surface area (Å²) in [6, 6.07) is 1.84. The number of carboxylic acid groups (broad SMARTS) is 1. The average molecular weight is 281 g/mol. The van der Waals surface area contributed by atoms with Crippen LogP contribution in [0.25, 0.3) is 0 Å². The van der Waals surface area contributed by atoms with Crippen LogP contribution in [0.3, 0.4) is 0 Å². The number of hydrogen-bond acceptors (Lipinski definition) is 3. The van der Waals surface area contributed by atoms with Gasteiger partial charge in [0.15, 0.2) is 0 Å². The van der Waals surface area contributed by atoms with Crippen molar-refractivity contribution >= 4 is 12.0 Å². The second-order valence-corrected chi connectivity index (χ2v) is 5.56. The highest BCUT2D eigenvalue weighted by molar-refractivity contribution is 5.77. The Hall–Kier alpha value is -1.77. The van der Waals surface area contributed by atoms with Crippen molar-refractivity contribution in [2.45, 2.75) is 51.5 Å². The van der Waals surface area contributed by atoms with Gasteiger partial charge in [0.2, 0.25) is 0 Å². The minimum atomic E-state index is -0.888. The van der Waals surface area contributed by atoms with Crippen molar-refractivity contribution in [2.75, 3.05) is 13.1 Å². The van der Waals surface area contributed by atoms with Gasteiger partial charge in [0.05, 0.1) is 23.9 Å². The number of rotatable bonds is 6. The van der Waals surface area contributed by atoms with E-state index in [1.807, 2.05) is 6.92 Å². The van der Waals surface area contributed by atoms with Crippen LogP contribution in [-0.2, 0) is 4.79 Å². The lowest BCUT2D eigenvalue weighted by Crippen LogP contribution is -2.53. The molecule has 0 heterocycles. The Labute approximate surface area is 119 Å². The van der Waals surface area contributed by atoms with Crippen LogP contribution in [0.1, 0.15) is 46.0 Å². The van der Waals surface area contributed by atoms with Crippen molar-refractivity contribution in [3.63, 3.8) is 0 Å². The third kappa shape index (κ3) is 4.41. The third-order valence-corrected chi connectivity index (χ3v) is 3.81. The molecule has 112 valence electrons. The van der Waals surface area contributed by atoms with Gasteiger partial charge in [0.25, 0.3) is 0 Å². The number of aliphatic carboxylic acids is 1. The standard InChI is InChI=1S/C14H23N3O3/c1-3-17(10-11(2)9-15)13(20)16-14(8-12(18)19)6-4-5-7-14/h11H,3-8,10H2,1-2H3,(H,16,20)(H,18,19). The summed E-state index contributed by atoms with van der Waals surface area (Å²) in [5.74, 6) is -1.12. The summed E-state index contributed by atoms with van der Waals surface area (Å²) >= 11 is 0. The van der Waals surface area contributed by atoms with E-state index in [1.54, 1.807) is 11.8 Å². The molecule has 2 amide bonds. The van der Waals surface area contributed by atoms with Gasteiger partial charge in [0, 0.05) is 13.1 Å². The van der Waals surface area contributed by atoms with E-state index in [0.717, 1.165) is 12.8 Å². The Bertz CT molecular complexity index is 397. The van der Waals surface area contributed by atoms with Gasteiger partial charge in [-0.15, -0.1) is 0 Å². The summed E-state index contributed by atoms with van der Waals surface area (Å²) in [4.78, 5) is 24.8. The van der Waals surface area contributed by atoms with Gasteiger partial charge >= 0.3 is 12.0 Å². The Balaban J connectivity index is 2.69. The van der Waals surface area contributed by atoms with Crippen molar-refractivity contribution in [1.82, 2.24) is 10.2 Å². The fourth-order valence-electron chi connectivity index (χ4n) is 2.72. The summed E-state index contributed by atoms with van der Waals surface area (Å²) in [6.45, 7) is 4.48. The zero-order valence-electron chi connectivity index (χ0n) is 12.2. The van der Waals surface area contributed by atoms with Crippen LogP contribution in [0, 0.1) is 17.2 Å². The van der Waals surface area contributed by atoms with E-state index in [4.69, 9.17) is 10.4 Å². The van der Waals surface area contributed by atoms with Crippen molar-refractivity contribution in [3.05, 3.63) is 0 Å². The topological polar surface area (TPSA) is 93.4 Å². The smallest absolute Gasteiger partial charge is 0.317 e. The van der Waals surface area contributed by atoms with E-state index in [1.165, 1.54) is 0 Å². The Kier molecular flexibility index (Phi) is 5.81. The van der Waals surface area contributed by atoms with Gasteiger partial charge in [-0.05, 0) is 26.7 Å². The van der Waals surface area contributed by atoms with Crippen LogP contribution < -0.4 is 5.32 Å². The molecule has 1 unspecified atom stereocenters. The number of carbonyl (C=O) groups excluding carboxylic acids is 1. The minimum absolute atomic E-state index is 0.0376. The molecule has 0 aromatic rings. The van der Waals surface area contributed by atoms with E-state index in [-0.39, 0.29) is 18.4 Å². The van der Waals surface area contributed by atoms with Gasteiger partial charge in [-0.25, -0.2) is 4.79 Å². The molecule has 0 aromatic carbocycles. The SMILES string of the molecule is CCN(CC(C)C#N)C(=O)NC1(CC(=O)O)CCCC1. The molecule has 0 radical (unpaired) electrons. The van der Waals surface area contributed by atoms with Gasteiger partial charge in [-0.3, -0.25) is 4.79 Å². The minimum Gasteiger partial charge on any atom is -0.481 e. The van der Waals surface area contributed by atoms with Crippen molar-refractivity contribution in [1.29, 1.82) is 5.26 Å². The normalized spacial score (nSPS) is 18.1. The molecule has 1 aliphatic rings. The second kappa shape index (κ2) is 7.13. The quantitative estimate of drug-likeness (QED) is 0.778. The van der Waals surface area contributed by atoms with E-state index in [9.17, 15) is 9.59 Å². The lowest BCUT2D eigenvalue weighted by Gasteiger charge is -2.32. The predicted octanol–water partition coefficient (Wildman–Crippen LogP) is 1.97. The first-order valence-electron chi connectivity index (χ1n) is 7.11. The molecule has 1 fully saturated rings. The molecule has 1 atom stereocenters. The van der Waals surface area contributed by atoms with Crippen molar-refractivity contribution in [2.24, 2.45) is 5.92 Å². The first kappa shape index (κ1) is 16.3. The highest BCUT2D eigenvalue weighted by Gasteiger charge is 2.38. The van der Waals surface area contributed by atoms with Crippen molar-refractivity contribution < 1.29 is 14.7 Å². The number of carbonyl (C=O) groups is 2. The molecule has 0 spiro atoms. The van der Waals surface area contributed by atoms with E-state index < -0.39 is 11.5 Å². The first-order chi connectivity index (χ1) is 9.42. The zero-order valence-corrected chi connectivity index (χ0v) is 12.2. The largest absolute Gasteiger partial charge is 0.481 e. The monoisotopic (exact) mass is 281 g/mol. The van der Waals surface area contributed by atoms with Crippen LogP contribution in [0.2, 0.25) is 0 Å². The summed E-state index contributed by atoms with van der Waals surface area (Å²) in [5.41, 5.74) is -0.619. The van der Waals surface area contributed by atoms with Crippen LogP contribution in [0.4, 0.5) is 4.79 Å². The number of urea groups is 1. The van der Waals surface area contributed by atoms with Gasteiger partial charge in [-0.1, -0.05) is 12.8 Å². The molecule has 1 rings (SSSR count). The second-order valence-electron chi connectivity index (χ2n) is 5.56. The predicted molar refractivity (Wildman–Crippen MR) is 74.0 cm³/mol. The number of hydrogen-bond donors (Lipinski definition) is 2. The Morgan fingerprint density at radius 3 is 2.50 bits per heavy atom. The maximum Gasteiger partial charge on any atom is 0.317 e. The highest BCUT2D eigenvalue weighted by Crippen LogP contribution is 2.32. The lowest BCUT2D eigenvalue weighted by atomic mass is 9.93. The maximum atomic E-state index is 12.3. The van der Waals surface area contributed by atoms with Crippen LogP contribution in [0.5, 0.6) is 0 Å². The van der Waals surface area contributed by atoms with Gasteiger partial charge in [-0.2, -0.15) is 5.26 Å². The molecule has 1 aliphatic carbocycles. The van der Waals surface area contributed by atoms with Crippen molar-refractivity contribution in [3.8, 4) is 6.07 Å². The molecule has 0 saturated heterocycles. The van der Waals surface area contributed by atoms with E-state index >= 15 is 0 Å². The first-order valence-corrected chi connectivity index (χ1v) is 7.11. The zero-order chi connectivity index (χ0) is 15.2. The molecule has 2 N–H and O–H groups in total.